The summed E-state index contributed by atoms with van der Waals surface area (Å²) in [4.78, 5) is 11.5. The largest absolute Gasteiger partial charge is 0.355 e. The van der Waals surface area contributed by atoms with Gasteiger partial charge in [0.2, 0.25) is 10.0 Å². The Labute approximate surface area is 105 Å². The molecule has 0 bridgehead atoms. The van der Waals surface area contributed by atoms with Crippen LogP contribution in [0.1, 0.15) is 10.4 Å². The molecule has 5 nitrogen and oxygen atoms in total. The lowest BCUT2D eigenvalue weighted by atomic mass is 10.2. The number of nitrogens with one attached hydrogen (secondary N) is 1. The Hall–Kier alpha value is -1.27. The molecule has 1 aromatic rings. The number of hydrogen-bond donors (Lipinski definition) is 1. The Bertz CT molecular complexity index is 542. The number of halogens is 1. The average Bonchev–Trinajstić information content (AvgIpc) is 2.26. The van der Waals surface area contributed by atoms with E-state index in [9.17, 15) is 13.2 Å². The standard InChI is InChI=1S/C10H13ClN2O3S/c1-12-10(14)8-6-7(4-5-9(8)11)13(2)17(3,15)16/h4-6H,1-3H3,(H,12,14). The van der Waals surface area contributed by atoms with Crippen molar-refractivity contribution >= 4 is 33.2 Å². The second-order valence-corrected chi connectivity index (χ2v) is 5.89. The van der Waals surface area contributed by atoms with Gasteiger partial charge in [-0.2, -0.15) is 0 Å². The summed E-state index contributed by atoms with van der Waals surface area (Å²) in [7, 11) is -0.473. The Morgan fingerprint density at radius 3 is 2.47 bits per heavy atom. The predicted molar refractivity (Wildman–Crippen MR) is 68.1 cm³/mol. The zero-order valence-electron chi connectivity index (χ0n) is 9.69. The lowest BCUT2D eigenvalue weighted by Gasteiger charge is -2.17. The van der Waals surface area contributed by atoms with E-state index in [1.54, 1.807) is 0 Å². The van der Waals surface area contributed by atoms with Crippen LogP contribution < -0.4 is 9.62 Å². The summed E-state index contributed by atoms with van der Waals surface area (Å²) in [5.74, 6) is -0.362. The van der Waals surface area contributed by atoms with Crippen molar-refractivity contribution in [3.8, 4) is 0 Å². The number of rotatable bonds is 3. The Morgan fingerprint density at radius 1 is 1.41 bits per heavy atom. The van der Waals surface area contributed by atoms with Crippen molar-refractivity contribution in [2.75, 3.05) is 24.7 Å². The van der Waals surface area contributed by atoms with Crippen molar-refractivity contribution in [1.82, 2.24) is 5.32 Å². The van der Waals surface area contributed by atoms with Crippen LogP contribution in [0.3, 0.4) is 0 Å². The highest BCUT2D eigenvalue weighted by molar-refractivity contribution is 7.92. The SMILES string of the molecule is CNC(=O)c1cc(N(C)S(C)(=O)=O)ccc1Cl. The summed E-state index contributed by atoms with van der Waals surface area (Å²) in [6.07, 6.45) is 1.08. The molecule has 0 aliphatic heterocycles. The summed E-state index contributed by atoms with van der Waals surface area (Å²) < 4.78 is 23.8. The molecule has 1 N–H and O–H groups in total. The van der Waals surface area contributed by atoms with E-state index in [0.717, 1.165) is 10.6 Å². The van der Waals surface area contributed by atoms with Gasteiger partial charge in [-0.15, -0.1) is 0 Å². The third-order valence-corrected chi connectivity index (χ3v) is 3.82. The topological polar surface area (TPSA) is 66.5 Å². The third kappa shape index (κ3) is 3.10. The quantitative estimate of drug-likeness (QED) is 0.899. The van der Waals surface area contributed by atoms with Gasteiger partial charge in [0.25, 0.3) is 5.91 Å². The van der Waals surface area contributed by atoms with E-state index < -0.39 is 10.0 Å². The van der Waals surface area contributed by atoms with Crippen LogP contribution in [0.25, 0.3) is 0 Å². The van der Waals surface area contributed by atoms with E-state index in [4.69, 9.17) is 11.6 Å². The molecule has 0 heterocycles. The zero-order valence-corrected chi connectivity index (χ0v) is 11.3. The maximum Gasteiger partial charge on any atom is 0.252 e. The van der Waals surface area contributed by atoms with Crippen LogP contribution in [-0.2, 0) is 10.0 Å². The smallest absolute Gasteiger partial charge is 0.252 e. The van der Waals surface area contributed by atoms with E-state index in [-0.39, 0.29) is 16.5 Å². The van der Waals surface area contributed by atoms with Crippen LogP contribution in [0.4, 0.5) is 5.69 Å². The number of hydrogen-bond acceptors (Lipinski definition) is 3. The summed E-state index contributed by atoms with van der Waals surface area (Å²) in [5, 5.41) is 2.71. The van der Waals surface area contributed by atoms with Crippen LogP contribution in [0.2, 0.25) is 5.02 Å². The number of carbonyl (C=O) groups excluding carboxylic acids is 1. The minimum Gasteiger partial charge on any atom is -0.355 e. The third-order valence-electron chi connectivity index (χ3n) is 2.28. The predicted octanol–water partition coefficient (Wildman–Crippen LogP) is 1.10. The molecular weight excluding hydrogens is 264 g/mol. The molecular formula is C10H13ClN2O3S. The van der Waals surface area contributed by atoms with Gasteiger partial charge < -0.3 is 5.32 Å². The summed E-state index contributed by atoms with van der Waals surface area (Å²) >= 11 is 5.86. The van der Waals surface area contributed by atoms with Gasteiger partial charge in [-0.1, -0.05) is 11.6 Å². The first-order valence-electron chi connectivity index (χ1n) is 4.73. The van der Waals surface area contributed by atoms with Crippen LogP contribution >= 0.6 is 11.6 Å². The molecule has 0 spiro atoms. The number of anilines is 1. The summed E-state index contributed by atoms with van der Waals surface area (Å²) in [6.45, 7) is 0. The molecule has 0 saturated carbocycles. The molecule has 0 aliphatic rings. The fourth-order valence-electron chi connectivity index (χ4n) is 1.21. The van der Waals surface area contributed by atoms with Crippen molar-refractivity contribution in [2.24, 2.45) is 0 Å². The summed E-state index contributed by atoms with van der Waals surface area (Å²) in [6, 6.07) is 4.46. The minimum absolute atomic E-state index is 0.238. The van der Waals surface area contributed by atoms with Crippen LogP contribution in [0.5, 0.6) is 0 Å². The first-order chi connectivity index (χ1) is 7.77. The van der Waals surface area contributed by atoms with Crippen LogP contribution in [-0.4, -0.2) is 34.7 Å². The lowest BCUT2D eigenvalue weighted by Crippen LogP contribution is -2.25. The van der Waals surface area contributed by atoms with Crippen molar-refractivity contribution in [2.45, 2.75) is 0 Å². The molecule has 94 valence electrons. The van der Waals surface area contributed by atoms with Gasteiger partial charge >= 0.3 is 0 Å². The fraction of sp³-hybridized carbons (Fsp3) is 0.300. The molecule has 1 aromatic carbocycles. The Kier molecular flexibility index (Phi) is 4.00. The molecule has 7 heteroatoms. The number of sulfonamides is 1. The zero-order chi connectivity index (χ0) is 13.2. The monoisotopic (exact) mass is 276 g/mol. The molecule has 0 unspecified atom stereocenters. The van der Waals surface area contributed by atoms with Gasteiger partial charge in [-0.05, 0) is 18.2 Å². The van der Waals surface area contributed by atoms with Gasteiger partial charge in [0, 0.05) is 14.1 Å². The average molecular weight is 277 g/mol. The van der Waals surface area contributed by atoms with Gasteiger partial charge in [0.15, 0.2) is 0 Å². The molecule has 17 heavy (non-hydrogen) atoms. The van der Waals surface area contributed by atoms with Gasteiger partial charge in [-0.25, -0.2) is 8.42 Å². The van der Waals surface area contributed by atoms with Crippen LogP contribution in [0.15, 0.2) is 18.2 Å². The fourth-order valence-corrected chi connectivity index (χ4v) is 1.91. The second kappa shape index (κ2) is 4.93. The molecule has 0 saturated heterocycles. The van der Waals surface area contributed by atoms with Crippen molar-refractivity contribution in [3.05, 3.63) is 28.8 Å². The molecule has 0 aliphatic carbocycles. The van der Waals surface area contributed by atoms with Gasteiger partial charge in [0.05, 0.1) is 22.5 Å². The minimum atomic E-state index is -3.36. The molecule has 0 atom stereocenters. The highest BCUT2D eigenvalue weighted by atomic mass is 35.5. The molecule has 0 fully saturated rings. The first-order valence-corrected chi connectivity index (χ1v) is 6.95. The Morgan fingerprint density at radius 2 is 2.00 bits per heavy atom. The van der Waals surface area contributed by atoms with E-state index in [1.165, 1.54) is 32.3 Å². The molecule has 0 aromatic heterocycles. The maximum absolute atomic E-state index is 11.5. The van der Waals surface area contributed by atoms with Crippen LogP contribution in [0, 0.1) is 0 Å². The highest BCUT2D eigenvalue weighted by Gasteiger charge is 2.15. The number of benzene rings is 1. The van der Waals surface area contributed by atoms with Crippen molar-refractivity contribution in [3.63, 3.8) is 0 Å². The van der Waals surface area contributed by atoms with Crippen molar-refractivity contribution in [1.29, 1.82) is 0 Å². The molecule has 1 rings (SSSR count). The maximum atomic E-state index is 11.5. The summed E-state index contributed by atoms with van der Waals surface area (Å²) in [5.41, 5.74) is 0.623. The normalized spacial score (nSPS) is 11.1. The van der Waals surface area contributed by atoms with E-state index in [2.05, 4.69) is 5.32 Å². The van der Waals surface area contributed by atoms with E-state index in [1.807, 2.05) is 0 Å². The molecule has 1 amide bonds. The second-order valence-electron chi connectivity index (χ2n) is 3.47. The Balaban J connectivity index is 3.26. The van der Waals surface area contributed by atoms with Gasteiger partial charge in [-0.3, -0.25) is 9.10 Å². The molecule has 0 radical (unpaired) electrons. The number of amides is 1. The van der Waals surface area contributed by atoms with Crippen molar-refractivity contribution < 1.29 is 13.2 Å². The van der Waals surface area contributed by atoms with Gasteiger partial charge in [0.1, 0.15) is 0 Å². The van der Waals surface area contributed by atoms with E-state index >= 15 is 0 Å². The number of carbonyl (C=O) groups is 1. The number of nitrogens with zero attached hydrogens (tertiary/aromatic N) is 1. The van der Waals surface area contributed by atoms with E-state index in [0.29, 0.717) is 5.69 Å². The first kappa shape index (κ1) is 13.8. The highest BCUT2D eigenvalue weighted by Crippen LogP contribution is 2.23. The lowest BCUT2D eigenvalue weighted by molar-refractivity contribution is 0.0963.